The zero-order valence-corrected chi connectivity index (χ0v) is 19.2. The first kappa shape index (κ1) is 23.5. The average molecular weight is 488 g/mol. The topological polar surface area (TPSA) is 79.5 Å². The number of nitrogens with one attached hydrogen (secondary N) is 3. The molecule has 3 aromatic carbocycles. The Morgan fingerprint density at radius 3 is 2.16 bits per heavy atom. The van der Waals surface area contributed by atoms with Crippen molar-refractivity contribution >= 4 is 63.7 Å². The largest absolute Gasteiger partial charge is 0.479 e. The Morgan fingerprint density at radius 2 is 1.53 bits per heavy atom. The fourth-order valence-corrected chi connectivity index (χ4v) is 3.29. The molecule has 3 rings (SSSR count). The number of ether oxygens (including phenoxy) is 1. The van der Waals surface area contributed by atoms with E-state index in [0.29, 0.717) is 32.7 Å². The average Bonchev–Trinajstić information content (AvgIpc) is 2.77. The Morgan fingerprint density at radius 1 is 0.906 bits per heavy atom. The van der Waals surface area contributed by atoms with Crippen LogP contribution in [-0.4, -0.2) is 23.0 Å². The number of anilines is 2. The number of halogens is 2. The summed E-state index contributed by atoms with van der Waals surface area (Å²) in [5.41, 5.74) is 1.83. The molecule has 3 aromatic rings. The van der Waals surface area contributed by atoms with Crippen LogP contribution in [0.1, 0.15) is 17.3 Å². The highest BCUT2D eigenvalue weighted by Gasteiger charge is 2.17. The van der Waals surface area contributed by atoms with Gasteiger partial charge < -0.3 is 15.4 Å². The number of carbonyl (C=O) groups is 2. The Kier molecular flexibility index (Phi) is 8.05. The second-order valence-electron chi connectivity index (χ2n) is 6.68. The minimum absolute atomic E-state index is 0.105. The van der Waals surface area contributed by atoms with Crippen molar-refractivity contribution < 1.29 is 14.3 Å². The predicted octanol–water partition coefficient (Wildman–Crippen LogP) is 5.53. The van der Waals surface area contributed by atoms with Crippen molar-refractivity contribution in [2.45, 2.75) is 13.0 Å². The van der Waals surface area contributed by atoms with E-state index >= 15 is 0 Å². The van der Waals surface area contributed by atoms with Gasteiger partial charge in [-0.15, -0.1) is 0 Å². The Labute approximate surface area is 200 Å². The second-order valence-corrected chi connectivity index (χ2v) is 7.93. The Hall–Kier alpha value is -3.13. The number of hydrogen-bond acceptors (Lipinski definition) is 4. The number of thiocarbonyl (C=S) groups is 1. The molecular formula is C23H19Cl2N3O3S. The molecule has 0 bridgehead atoms. The molecule has 0 fully saturated rings. The second kappa shape index (κ2) is 10.9. The molecule has 0 spiro atoms. The highest BCUT2D eigenvalue weighted by molar-refractivity contribution is 7.80. The number of hydrogen-bond donors (Lipinski definition) is 3. The van der Waals surface area contributed by atoms with Crippen molar-refractivity contribution in [3.63, 3.8) is 0 Å². The molecule has 1 atom stereocenters. The lowest BCUT2D eigenvalue weighted by molar-refractivity contribution is -0.125. The summed E-state index contributed by atoms with van der Waals surface area (Å²) in [7, 11) is 0. The van der Waals surface area contributed by atoms with Crippen LogP contribution in [0.5, 0.6) is 5.75 Å². The molecule has 32 heavy (non-hydrogen) atoms. The summed E-state index contributed by atoms with van der Waals surface area (Å²) in [4.78, 5) is 24.6. The molecular weight excluding hydrogens is 469 g/mol. The van der Waals surface area contributed by atoms with Gasteiger partial charge in [0.05, 0.1) is 5.02 Å². The lowest BCUT2D eigenvalue weighted by Gasteiger charge is -2.16. The van der Waals surface area contributed by atoms with Gasteiger partial charge in [0, 0.05) is 22.0 Å². The number of carbonyl (C=O) groups excluding carboxylic acids is 2. The highest BCUT2D eigenvalue weighted by atomic mass is 35.5. The van der Waals surface area contributed by atoms with Gasteiger partial charge in [-0.25, -0.2) is 0 Å². The van der Waals surface area contributed by atoms with Crippen LogP contribution in [0.4, 0.5) is 11.4 Å². The fraction of sp³-hybridized carbons (Fsp3) is 0.0870. The van der Waals surface area contributed by atoms with E-state index in [9.17, 15) is 9.59 Å². The summed E-state index contributed by atoms with van der Waals surface area (Å²) in [5.74, 6) is -0.310. The van der Waals surface area contributed by atoms with Crippen LogP contribution in [0, 0.1) is 0 Å². The molecule has 0 aliphatic carbocycles. The summed E-state index contributed by atoms with van der Waals surface area (Å²) in [6.45, 7) is 1.58. The van der Waals surface area contributed by atoms with Gasteiger partial charge in [0.25, 0.3) is 11.8 Å². The number of rotatable bonds is 6. The van der Waals surface area contributed by atoms with Crippen molar-refractivity contribution in [1.29, 1.82) is 0 Å². The fourth-order valence-electron chi connectivity index (χ4n) is 2.62. The van der Waals surface area contributed by atoms with Crippen LogP contribution in [0.3, 0.4) is 0 Å². The van der Waals surface area contributed by atoms with Gasteiger partial charge in [0.15, 0.2) is 11.2 Å². The molecule has 0 aliphatic heterocycles. The van der Waals surface area contributed by atoms with Crippen LogP contribution < -0.4 is 20.7 Å². The van der Waals surface area contributed by atoms with Crippen LogP contribution in [0.2, 0.25) is 10.0 Å². The Balaban J connectivity index is 1.50. The van der Waals surface area contributed by atoms with Crippen LogP contribution in [0.25, 0.3) is 0 Å². The maximum Gasteiger partial charge on any atom is 0.266 e. The molecule has 164 valence electrons. The third kappa shape index (κ3) is 6.68. The van der Waals surface area contributed by atoms with Gasteiger partial charge >= 0.3 is 0 Å². The summed E-state index contributed by atoms with van der Waals surface area (Å²) in [5, 5.41) is 9.16. The first-order valence-corrected chi connectivity index (χ1v) is 10.7. The van der Waals surface area contributed by atoms with Gasteiger partial charge in [-0.2, -0.15) is 0 Å². The molecule has 0 aliphatic rings. The van der Waals surface area contributed by atoms with Gasteiger partial charge in [-0.05, 0) is 73.7 Å². The molecule has 0 heterocycles. The molecule has 3 N–H and O–H groups in total. The molecule has 2 amide bonds. The first-order valence-electron chi connectivity index (χ1n) is 9.52. The monoisotopic (exact) mass is 487 g/mol. The minimum Gasteiger partial charge on any atom is -0.479 e. The van der Waals surface area contributed by atoms with Crippen molar-refractivity contribution in [2.75, 3.05) is 10.6 Å². The van der Waals surface area contributed by atoms with Crippen molar-refractivity contribution in [3.8, 4) is 5.75 Å². The van der Waals surface area contributed by atoms with Gasteiger partial charge in [0.2, 0.25) is 0 Å². The van der Waals surface area contributed by atoms with Crippen LogP contribution in [0.15, 0.2) is 72.8 Å². The van der Waals surface area contributed by atoms with Crippen LogP contribution in [-0.2, 0) is 4.79 Å². The maximum atomic E-state index is 12.4. The van der Waals surface area contributed by atoms with E-state index in [-0.39, 0.29) is 11.0 Å². The van der Waals surface area contributed by atoms with Crippen molar-refractivity contribution in [1.82, 2.24) is 5.32 Å². The number of benzene rings is 3. The maximum absolute atomic E-state index is 12.4. The van der Waals surface area contributed by atoms with E-state index in [4.69, 9.17) is 40.2 Å². The van der Waals surface area contributed by atoms with E-state index in [0.717, 1.165) is 0 Å². The molecule has 9 heteroatoms. The zero-order valence-electron chi connectivity index (χ0n) is 16.9. The SMILES string of the molecule is CC(Oc1ccc(Cl)cc1Cl)C(=O)NC(=S)Nc1ccc(NC(=O)c2ccccc2)cc1. The predicted molar refractivity (Wildman–Crippen MR) is 132 cm³/mol. The van der Waals surface area contributed by atoms with Gasteiger partial charge in [-0.1, -0.05) is 41.4 Å². The third-order valence-corrected chi connectivity index (χ3v) is 4.97. The van der Waals surface area contributed by atoms with E-state index in [2.05, 4.69) is 16.0 Å². The van der Waals surface area contributed by atoms with E-state index in [1.165, 1.54) is 6.07 Å². The summed E-state index contributed by atoms with van der Waals surface area (Å²) < 4.78 is 5.57. The summed E-state index contributed by atoms with van der Waals surface area (Å²) >= 11 is 17.1. The highest BCUT2D eigenvalue weighted by Crippen LogP contribution is 2.28. The first-order chi connectivity index (χ1) is 15.3. The molecule has 0 radical (unpaired) electrons. The standard InChI is InChI=1S/C23H19Cl2N3O3S/c1-14(31-20-12-7-16(24)13-19(20)25)21(29)28-23(32)27-18-10-8-17(9-11-18)26-22(30)15-5-3-2-4-6-15/h2-14H,1H3,(H,26,30)(H2,27,28,29,32). The molecule has 0 saturated carbocycles. The summed E-state index contributed by atoms with van der Waals surface area (Å²) in [6, 6.07) is 20.5. The Bertz CT molecular complexity index is 1130. The lowest BCUT2D eigenvalue weighted by Crippen LogP contribution is -2.42. The van der Waals surface area contributed by atoms with Crippen LogP contribution >= 0.6 is 35.4 Å². The summed E-state index contributed by atoms with van der Waals surface area (Å²) in [6.07, 6.45) is -0.844. The van der Waals surface area contributed by atoms with E-state index < -0.39 is 12.0 Å². The molecule has 0 aromatic heterocycles. The molecule has 1 unspecified atom stereocenters. The normalized spacial score (nSPS) is 11.2. The van der Waals surface area contributed by atoms with Crippen molar-refractivity contribution in [2.24, 2.45) is 0 Å². The van der Waals surface area contributed by atoms with Gasteiger partial charge in [0.1, 0.15) is 5.75 Å². The van der Waals surface area contributed by atoms with E-state index in [1.807, 2.05) is 6.07 Å². The van der Waals surface area contributed by atoms with E-state index in [1.54, 1.807) is 67.6 Å². The quantitative estimate of drug-likeness (QED) is 0.398. The lowest BCUT2D eigenvalue weighted by atomic mass is 10.2. The number of amides is 2. The smallest absolute Gasteiger partial charge is 0.266 e. The minimum atomic E-state index is -0.844. The zero-order chi connectivity index (χ0) is 23.1. The van der Waals surface area contributed by atoms with Gasteiger partial charge in [-0.3, -0.25) is 14.9 Å². The molecule has 0 saturated heterocycles. The molecule has 6 nitrogen and oxygen atoms in total. The third-order valence-electron chi connectivity index (χ3n) is 4.24. The van der Waals surface area contributed by atoms with Crippen molar-refractivity contribution in [3.05, 3.63) is 88.4 Å².